The number of rotatable bonds is 5. The zero-order valence-corrected chi connectivity index (χ0v) is 11.8. The molecule has 7 nitrogen and oxygen atoms in total. The summed E-state index contributed by atoms with van der Waals surface area (Å²) in [6.45, 7) is 5.28. The van der Waals surface area contributed by atoms with Gasteiger partial charge in [0.2, 0.25) is 0 Å². The van der Waals surface area contributed by atoms with E-state index in [2.05, 4.69) is 0 Å². The summed E-state index contributed by atoms with van der Waals surface area (Å²) in [6.07, 6.45) is 0. The maximum atomic E-state index is 12.4. The number of nitro benzene ring substituents is 1. The number of nitrogens with zero attached hydrogens (tertiary/aromatic N) is 2. The molecule has 20 heavy (non-hydrogen) atoms. The highest BCUT2D eigenvalue weighted by Crippen LogP contribution is 2.23. The highest BCUT2D eigenvalue weighted by Gasteiger charge is 2.27. The van der Waals surface area contributed by atoms with Crippen molar-refractivity contribution in [1.82, 2.24) is 4.90 Å². The molecule has 0 radical (unpaired) electrons. The van der Waals surface area contributed by atoms with Crippen molar-refractivity contribution in [3.05, 3.63) is 33.9 Å². The number of nitrogens with two attached hydrogens (primary N) is 1. The van der Waals surface area contributed by atoms with Crippen molar-refractivity contribution >= 4 is 17.3 Å². The van der Waals surface area contributed by atoms with Crippen molar-refractivity contribution in [2.45, 2.75) is 26.4 Å². The number of hydrogen-bond acceptors (Lipinski definition) is 5. The maximum absolute atomic E-state index is 12.4. The molecule has 0 atom stereocenters. The van der Waals surface area contributed by atoms with Gasteiger partial charge in [0.05, 0.1) is 10.5 Å². The van der Waals surface area contributed by atoms with Crippen molar-refractivity contribution in [3.63, 3.8) is 0 Å². The van der Waals surface area contributed by atoms with Gasteiger partial charge in [-0.05, 0) is 32.9 Å². The average Bonchev–Trinajstić information content (AvgIpc) is 2.33. The van der Waals surface area contributed by atoms with Gasteiger partial charge in [-0.15, -0.1) is 0 Å². The number of nitro groups is 1. The molecule has 1 aromatic rings. The Morgan fingerprint density at radius 1 is 1.50 bits per heavy atom. The second-order valence-electron chi connectivity index (χ2n) is 5.17. The van der Waals surface area contributed by atoms with Gasteiger partial charge < -0.3 is 15.7 Å². The second kappa shape index (κ2) is 5.87. The van der Waals surface area contributed by atoms with Gasteiger partial charge in [0, 0.05) is 24.8 Å². The predicted molar refractivity (Wildman–Crippen MR) is 75.4 cm³/mol. The van der Waals surface area contributed by atoms with Crippen molar-refractivity contribution in [2.75, 3.05) is 18.8 Å². The molecule has 1 rings (SSSR count). The summed E-state index contributed by atoms with van der Waals surface area (Å²) in [7, 11) is 0. The Morgan fingerprint density at radius 3 is 2.55 bits per heavy atom. The molecule has 1 aromatic carbocycles. The zero-order valence-electron chi connectivity index (χ0n) is 11.8. The van der Waals surface area contributed by atoms with Crippen LogP contribution in [0.15, 0.2) is 18.2 Å². The normalized spacial score (nSPS) is 11.2. The van der Waals surface area contributed by atoms with Gasteiger partial charge in [0.15, 0.2) is 0 Å². The van der Waals surface area contributed by atoms with E-state index in [0.717, 1.165) is 0 Å². The molecule has 110 valence electrons. The molecule has 7 heteroatoms. The van der Waals surface area contributed by atoms with Crippen LogP contribution in [0.2, 0.25) is 0 Å². The molecular formula is C13H19N3O4. The van der Waals surface area contributed by atoms with Crippen LogP contribution in [0.4, 0.5) is 11.4 Å². The number of amides is 1. The van der Waals surface area contributed by atoms with E-state index in [1.54, 1.807) is 20.8 Å². The van der Waals surface area contributed by atoms with Gasteiger partial charge in [0.25, 0.3) is 11.6 Å². The van der Waals surface area contributed by atoms with E-state index < -0.39 is 16.4 Å². The van der Waals surface area contributed by atoms with Gasteiger partial charge in [-0.1, -0.05) is 0 Å². The lowest BCUT2D eigenvalue weighted by molar-refractivity contribution is -0.385. The highest BCUT2D eigenvalue weighted by atomic mass is 16.6. The van der Waals surface area contributed by atoms with Crippen molar-refractivity contribution in [3.8, 4) is 0 Å². The second-order valence-corrected chi connectivity index (χ2v) is 5.17. The minimum Gasteiger partial charge on any atom is -0.399 e. The molecular weight excluding hydrogens is 262 g/mol. The first-order valence-corrected chi connectivity index (χ1v) is 6.21. The van der Waals surface area contributed by atoms with Gasteiger partial charge in [-0.25, -0.2) is 0 Å². The Kier molecular flexibility index (Phi) is 4.67. The molecule has 0 aliphatic heterocycles. The van der Waals surface area contributed by atoms with Crippen LogP contribution in [0, 0.1) is 10.1 Å². The SMILES string of the molecule is CCN(CC(C)(C)O)C(=O)c1cc(N)ccc1[N+](=O)[O-]. The van der Waals surface area contributed by atoms with Crippen LogP contribution >= 0.6 is 0 Å². The number of anilines is 1. The predicted octanol–water partition coefficient (Wildman–Crippen LogP) is 1.41. The minimum absolute atomic E-state index is 0.0684. The number of nitrogen functional groups attached to an aromatic ring is 1. The van der Waals surface area contributed by atoms with E-state index in [1.165, 1.54) is 23.1 Å². The van der Waals surface area contributed by atoms with Gasteiger partial charge in [-0.2, -0.15) is 0 Å². The Labute approximate surface area is 117 Å². The lowest BCUT2D eigenvalue weighted by atomic mass is 10.1. The lowest BCUT2D eigenvalue weighted by Crippen LogP contribution is -2.42. The van der Waals surface area contributed by atoms with Crippen LogP contribution in [-0.2, 0) is 0 Å². The van der Waals surface area contributed by atoms with Crippen LogP contribution in [-0.4, -0.2) is 39.5 Å². The molecule has 0 heterocycles. The van der Waals surface area contributed by atoms with Crippen LogP contribution in [0.3, 0.4) is 0 Å². The molecule has 0 bridgehead atoms. The van der Waals surface area contributed by atoms with Crippen LogP contribution in [0.5, 0.6) is 0 Å². The summed E-state index contributed by atoms with van der Waals surface area (Å²) in [5.74, 6) is -0.520. The molecule has 0 fully saturated rings. The van der Waals surface area contributed by atoms with Gasteiger partial charge >= 0.3 is 0 Å². The van der Waals surface area contributed by atoms with Crippen molar-refractivity contribution in [2.24, 2.45) is 0 Å². The summed E-state index contributed by atoms with van der Waals surface area (Å²) in [5.41, 5.74) is 4.42. The third kappa shape index (κ3) is 3.92. The van der Waals surface area contributed by atoms with E-state index in [1.807, 2.05) is 0 Å². The fourth-order valence-corrected chi connectivity index (χ4v) is 1.85. The molecule has 0 spiro atoms. The standard InChI is InChI=1S/C13H19N3O4/c1-4-15(8-13(2,3)18)12(17)10-7-9(14)5-6-11(10)16(19)20/h5-7,18H,4,8,14H2,1-3H3. The minimum atomic E-state index is -1.08. The monoisotopic (exact) mass is 281 g/mol. The smallest absolute Gasteiger partial charge is 0.282 e. The molecule has 0 unspecified atom stereocenters. The van der Waals surface area contributed by atoms with E-state index in [9.17, 15) is 20.0 Å². The maximum Gasteiger partial charge on any atom is 0.282 e. The fourth-order valence-electron chi connectivity index (χ4n) is 1.85. The van der Waals surface area contributed by atoms with Crippen LogP contribution < -0.4 is 5.73 Å². The number of carbonyl (C=O) groups is 1. The summed E-state index contributed by atoms with van der Waals surface area (Å²) in [6, 6.07) is 3.87. The summed E-state index contributed by atoms with van der Waals surface area (Å²) in [4.78, 5) is 24.1. The Hall–Kier alpha value is -2.15. The molecule has 0 aliphatic carbocycles. The largest absolute Gasteiger partial charge is 0.399 e. The van der Waals surface area contributed by atoms with Gasteiger partial charge in [0.1, 0.15) is 5.56 Å². The summed E-state index contributed by atoms with van der Waals surface area (Å²) >= 11 is 0. The number of likely N-dealkylation sites (N-methyl/N-ethyl adjacent to an activating group) is 1. The number of hydrogen-bond donors (Lipinski definition) is 2. The first-order chi connectivity index (χ1) is 9.15. The fraction of sp³-hybridized carbons (Fsp3) is 0.462. The quantitative estimate of drug-likeness (QED) is 0.481. The Morgan fingerprint density at radius 2 is 2.10 bits per heavy atom. The molecule has 0 saturated carbocycles. The first-order valence-electron chi connectivity index (χ1n) is 6.21. The molecule has 3 N–H and O–H groups in total. The summed E-state index contributed by atoms with van der Waals surface area (Å²) in [5, 5.41) is 20.8. The van der Waals surface area contributed by atoms with Crippen molar-refractivity contribution < 1.29 is 14.8 Å². The molecule has 0 aliphatic rings. The van der Waals surface area contributed by atoms with E-state index in [0.29, 0.717) is 6.54 Å². The zero-order chi connectivity index (χ0) is 15.5. The number of benzene rings is 1. The summed E-state index contributed by atoms with van der Waals surface area (Å²) < 4.78 is 0. The molecule has 0 aromatic heterocycles. The molecule has 0 saturated heterocycles. The van der Waals surface area contributed by atoms with Crippen molar-refractivity contribution in [1.29, 1.82) is 0 Å². The third-order valence-corrected chi connectivity index (χ3v) is 2.69. The van der Waals surface area contributed by atoms with E-state index >= 15 is 0 Å². The number of aliphatic hydroxyl groups is 1. The molecule has 1 amide bonds. The van der Waals surface area contributed by atoms with Crippen LogP contribution in [0.1, 0.15) is 31.1 Å². The van der Waals surface area contributed by atoms with E-state index in [-0.39, 0.29) is 23.5 Å². The Bertz CT molecular complexity index is 523. The third-order valence-electron chi connectivity index (χ3n) is 2.69. The average molecular weight is 281 g/mol. The van der Waals surface area contributed by atoms with Crippen LogP contribution in [0.25, 0.3) is 0 Å². The first kappa shape index (κ1) is 15.9. The number of carbonyl (C=O) groups excluding carboxylic acids is 1. The lowest BCUT2D eigenvalue weighted by Gasteiger charge is -2.28. The van der Waals surface area contributed by atoms with E-state index in [4.69, 9.17) is 5.73 Å². The topological polar surface area (TPSA) is 110 Å². The highest BCUT2D eigenvalue weighted by molar-refractivity contribution is 5.99. The van der Waals surface area contributed by atoms with Gasteiger partial charge in [-0.3, -0.25) is 14.9 Å². The Balaban J connectivity index is 3.18.